The van der Waals surface area contributed by atoms with Crippen molar-refractivity contribution in [2.24, 2.45) is 0 Å². The van der Waals surface area contributed by atoms with Crippen molar-refractivity contribution in [1.29, 1.82) is 0 Å². The third-order valence-electron chi connectivity index (χ3n) is 3.41. The molecule has 2 rings (SSSR count). The van der Waals surface area contributed by atoms with E-state index in [4.69, 9.17) is 16.3 Å². The topological polar surface area (TPSA) is 41.5 Å². The highest BCUT2D eigenvalue weighted by Crippen LogP contribution is 2.26. The van der Waals surface area contributed by atoms with Crippen LogP contribution >= 0.6 is 11.6 Å². The van der Waals surface area contributed by atoms with Gasteiger partial charge in [0.05, 0.1) is 13.7 Å². The summed E-state index contributed by atoms with van der Waals surface area (Å²) in [6.07, 6.45) is 0.768. The third-order valence-corrected chi connectivity index (χ3v) is 3.76. The van der Waals surface area contributed by atoms with E-state index in [-0.39, 0.29) is 12.6 Å². The fourth-order valence-corrected chi connectivity index (χ4v) is 2.48. The molecule has 0 bridgehead atoms. The number of methoxy groups -OCH3 is 1. The number of hydrogen-bond acceptors (Lipinski definition) is 3. The first-order chi connectivity index (χ1) is 10.2. The zero-order valence-electron chi connectivity index (χ0n) is 12.1. The van der Waals surface area contributed by atoms with Crippen molar-refractivity contribution in [2.75, 3.05) is 13.7 Å². The van der Waals surface area contributed by atoms with Crippen LogP contribution < -0.4 is 10.1 Å². The molecule has 2 aromatic carbocycles. The maximum absolute atomic E-state index is 9.53. The number of ether oxygens (including phenoxy) is 1. The first-order valence-corrected chi connectivity index (χ1v) is 7.32. The predicted octanol–water partition coefficient (Wildman–Crippen LogP) is 3.04. The Kier molecular flexibility index (Phi) is 6.05. The second-order valence-electron chi connectivity index (χ2n) is 4.87. The fraction of sp³-hybridized carbons (Fsp3) is 0.294. The van der Waals surface area contributed by atoms with E-state index in [1.807, 2.05) is 36.4 Å². The molecule has 0 heterocycles. The summed E-state index contributed by atoms with van der Waals surface area (Å²) >= 11 is 6.21. The van der Waals surface area contributed by atoms with E-state index in [0.29, 0.717) is 11.6 Å². The number of aliphatic hydroxyl groups excluding tert-OH is 1. The Morgan fingerprint density at radius 3 is 2.57 bits per heavy atom. The van der Waals surface area contributed by atoms with Crippen LogP contribution in [-0.4, -0.2) is 24.9 Å². The first-order valence-electron chi connectivity index (χ1n) is 6.94. The standard InChI is InChI=1S/C17H20ClNO2/c1-21-17-9-5-8-16(18)15(17)11-19-14(12-20)10-13-6-3-2-4-7-13/h2-9,14,19-20H,10-12H2,1H3/t14-/m0/s1. The van der Waals surface area contributed by atoms with Crippen molar-refractivity contribution < 1.29 is 9.84 Å². The zero-order valence-corrected chi connectivity index (χ0v) is 12.8. The molecule has 0 saturated heterocycles. The van der Waals surface area contributed by atoms with Gasteiger partial charge in [0.1, 0.15) is 5.75 Å². The Balaban J connectivity index is 2.00. The SMILES string of the molecule is COc1cccc(Cl)c1CN[C@H](CO)Cc1ccccc1. The highest BCUT2D eigenvalue weighted by molar-refractivity contribution is 6.31. The van der Waals surface area contributed by atoms with E-state index in [1.54, 1.807) is 7.11 Å². The van der Waals surface area contributed by atoms with Gasteiger partial charge in [-0.15, -0.1) is 0 Å². The van der Waals surface area contributed by atoms with Gasteiger partial charge < -0.3 is 15.2 Å². The molecule has 21 heavy (non-hydrogen) atoms. The third kappa shape index (κ3) is 4.46. The highest BCUT2D eigenvalue weighted by Gasteiger charge is 2.12. The molecule has 3 nitrogen and oxygen atoms in total. The number of rotatable bonds is 7. The molecule has 0 unspecified atom stereocenters. The Hall–Kier alpha value is -1.55. The van der Waals surface area contributed by atoms with Gasteiger partial charge in [0.25, 0.3) is 0 Å². The minimum atomic E-state index is -0.0200. The van der Waals surface area contributed by atoms with Gasteiger partial charge >= 0.3 is 0 Å². The second-order valence-corrected chi connectivity index (χ2v) is 5.28. The number of benzene rings is 2. The number of hydrogen-bond donors (Lipinski definition) is 2. The van der Waals surface area contributed by atoms with Crippen molar-refractivity contribution in [1.82, 2.24) is 5.32 Å². The minimum absolute atomic E-state index is 0.0200. The highest BCUT2D eigenvalue weighted by atomic mass is 35.5. The van der Waals surface area contributed by atoms with Gasteiger partial charge in [0.15, 0.2) is 0 Å². The summed E-state index contributed by atoms with van der Waals surface area (Å²) in [5.41, 5.74) is 2.10. The van der Waals surface area contributed by atoms with Gasteiger partial charge in [0.2, 0.25) is 0 Å². The Morgan fingerprint density at radius 2 is 1.90 bits per heavy atom. The van der Waals surface area contributed by atoms with Gasteiger partial charge in [-0.3, -0.25) is 0 Å². The number of nitrogens with one attached hydrogen (secondary N) is 1. The quantitative estimate of drug-likeness (QED) is 0.826. The molecule has 0 aliphatic heterocycles. The lowest BCUT2D eigenvalue weighted by Gasteiger charge is -2.18. The van der Waals surface area contributed by atoms with Crippen LogP contribution in [0.4, 0.5) is 0 Å². The van der Waals surface area contributed by atoms with Crippen molar-refractivity contribution in [3.8, 4) is 5.75 Å². The van der Waals surface area contributed by atoms with Crippen molar-refractivity contribution in [3.05, 3.63) is 64.7 Å². The molecule has 0 spiro atoms. The average Bonchev–Trinajstić information content (AvgIpc) is 2.53. The maximum Gasteiger partial charge on any atom is 0.124 e. The summed E-state index contributed by atoms with van der Waals surface area (Å²) in [5, 5.41) is 13.5. The van der Waals surface area contributed by atoms with Gasteiger partial charge in [-0.25, -0.2) is 0 Å². The van der Waals surface area contributed by atoms with Crippen molar-refractivity contribution in [3.63, 3.8) is 0 Å². The van der Waals surface area contributed by atoms with E-state index in [9.17, 15) is 5.11 Å². The van der Waals surface area contributed by atoms with Crippen LogP contribution in [0, 0.1) is 0 Å². The lowest BCUT2D eigenvalue weighted by atomic mass is 10.1. The first kappa shape index (κ1) is 15.8. The van der Waals surface area contributed by atoms with Gasteiger partial charge in [-0.1, -0.05) is 48.0 Å². The van der Waals surface area contributed by atoms with Crippen LogP contribution in [0.15, 0.2) is 48.5 Å². The molecule has 0 aliphatic rings. The molecule has 0 saturated carbocycles. The lowest BCUT2D eigenvalue weighted by Crippen LogP contribution is -2.34. The molecule has 0 radical (unpaired) electrons. The molecule has 0 aromatic heterocycles. The summed E-state index contributed by atoms with van der Waals surface area (Å²) in [6, 6.07) is 15.7. The monoisotopic (exact) mass is 305 g/mol. The largest absolute Gasteiger partial charge is 0.496 e. The number of halogens is 1. The molecular formula is C17H20ClNO2. The van der Waals surface area contributed by atoms with Gasteiger partial charge in [-0.05, 0) is 24.1 Å². The molecule has 0 amide bonds. The van der Waals surface area contributed by atoms with Crippen LogP contribution in [0.25, 0.3) is 0 Å². The Labute approximate surface area is 130 Å². The molecule has 1 atom stereocenters. The Morgan fingerprint density at radius 1 is 1.14 bits per heavy atom. The van der Waals surface area contributed by atoms with E-state index in [0.717, 1.165) is 17.7 Å². The predicted molar refractivity (Wildman–Crippen MR) is 85.9 cm³/mol. The average molecular weight is 306 g/mol. The van der Waals surface area contributed by atoms with Gasteiger partial charge in [0, 0.05) is 23.2 Å². The fourth-order valence-electron chi connectivity index (χ4n) is 2.25. The zero-order chi connectivity index (χ0) is 15.1. The minimum Gasteiger partial charge on any atom is -0.496 e. The van der Waals surface area contributed by atoms with Crippen LogP contribution in [0.2, 0.25) is 5.02 Å². The number of aliphatic hydroxyl groups is 1. The normalized spacial score (nSPS) is 12.1. The summed E-state index contributed by atoms with van der Waals surface area (Å²) in [4.78, 5) is 0. The van der Waals surface area contributed by atoms with E-state index in [2.05, 4.69) is 17.4 Å². The van der Waals surface area contributed by atoms with Crippen LogP contribution in [0.3, 0.4) is 0 Å². The Bertz CT molecular complexity index is 560. The molecule has 0 aliphatic carbocycles. The summed E-state index contributed by atoms with van der Waals surface area (Å²) in [5.74, 6) is 0.756. The molecular weight excluding hydrogens is 286 g/mol. The summed E-state index contributed by atoms with van der Waals surface area (Å²) < 4.78 is 5.32. The van der Waals surface area contributed by atoms with E-state index in [1.165, 1.54) is 5.56 Å². The van der Waals surface area contributed by atoms with E-state index >= 15 is 0 Å². The van der Waals surface area contributed by atoms with Crippen LogP contribution in [0.5, 0.6) is 5.75 Å². The van der Waals surface area contributed by atoms with Crippen LogP contribution in [-0.2, 0) is 13.0 Å². The molecule has 2 aromatic rings. The maximum atomic E-state index is 9.53. The lowest BCUT2D eigenvalue weighted by molar-refractivity contribution is 0.240. The summed E-state index contributed by atoms with van der Waals surface area (Å²) in [7, 11) is 1.63. The van der Waals surface area contributed by atoms with Gasteiger partial charge in [-0.2, -0.15) is 0 Å². The van der Waals surface area contributed by atoms with Crippen molar-refractivity contribution >= 4 is 11.6 Å². The van der Waals surface area contributed by atoms with Crippen LogP contribution in [0.1, 0.15) is 11.1 Å². The molecule has 2 N–H and O–H groups in total. The smallest absolute Gasteiger partial charge is 0.124 e. The molecule has 112 valence electrons. The van der Waals surface area contributed by atoms with E-state index < -0.39 is 0 Å². The second kappa shape index (κ2) is 8.03. The molecule has 4 heteroatoms. The van der Waals surface area contributed by atoms with Crippen molar-refractivity contribution in [2.45, 2.75) is 19.0 Å². The summed E-state index contributed by atoms with van der Waals surface area (Å²) in [6.45, 7) is 0.628. The molecule has 0 fully saturated rings.